The molecule has 0 spiro atoms. The summed E-state index contributed by atoms with van der Waals surface area (Å²) in [5.41, 5.74) is 0.0491. The van der Waals surface area contributed by atoms with Gasteiger partial charge in [-0.2, -0.15) is 0 Å². The van der Waals surface area contributed by atoms with E-state index >= 15 is 0 Å². The quantitative estimate of drug-likeness (QED) is 0.298. The van der Waals surface area contributed by atoms with Crippen LogP contribution >= 0.6 is 11.8 Å². The van der Waals surface area contributed by atoms with Crippen LogP contribution in [-0.4, -0.2) is 43.4 Å². The molecule has 1 atom stereocenters. The summed E-state index contributed by atoms with van der Waals surface area (Å²) < 4.78 is 15.7. The van der Waals surface area contributed by atoms with Crippen LogP contribution in [0, 0.1) is 0 Å². The molecular weight excluding hydrogens is 354 g/mol. The highest BCUT2D eigenvalue weighted by atomic mass is 32.2. The first-order chi connectivity index (χ1) is 12.2. The van der Waals surface area contributed by atoms with Gasteiger partial charge in [-0.05, 0) is 57.9 Å². The Morgan fingerprint density at radius 2 is 1.85 bits per heavy atom. The number of methoxy groups -OCH3 is 1. The van der Waals surface area contributed by atoms with Gasteiger partial charge in [-0.3, -0.25) is 0 Å². The third-order valence-corrected chi connectivity index (χ3v) is 4.45. The molecule has 1 N–H and O–H groups in total. The number of amides is 1. The minimum absolute atomic E-state index is 0.0144. The van der Waals surface area contributed by atoms with E-state index in [-0.39, 0.29) is 11.4 Å². The molecule has 6 nitrogen and oxygen atoms in total. The molecule has 1 aromatic carbocycles. The van der Waals surface area contributed by atoms with Crippen LogP contribution in [0.15, 0.2) is 29.2 Å². The molecule has 0 heterocycles. The highest BCUT2D eigenvalue weighted by molar-refractivity contribution is 7.99. The van der Waals surface area contributed by atoms with Crippen LogP contribution in [0.2, 0.25) is 0 Å². The number of carbonyl (C=O) groups is 2. The summed E-state index contributed by atoms with van der Waals surface area (Å²) in [5, 5.41) is 2.71. The van der Waals surface area contributed by atoms with Crippen LogP contribution in [0.5, 0.6) is 0 Å². The van der Waals surface area contributed by atoms with Crippen molar-refractivity contribution in [3.63, 3.8) is 0 Å². The number of esters is 1. The Balaban J connectivity index is 2.30. The summed E-state index contributed by atoms with van der Waals surface area (Å²) >= 11 is 1.60. The third-order valence-electron chi connectivity index (χ3n) is 3.17. The molecule has 0 aliphatic carbocycles. The Bertz CT molecular complexity index is 568. The minimum Gasteiger partial charge on any atom is -0.465 e. The topological polar surface area (TPSA) is 73.9 Å². The summed E-state index contributed by atoms with van der Waals surface area (Å²) in [6.45, 7) is 8.59. The lowest BCUT2D eigenvalue weighted by atomic mass is 10.2. The standard InChI is InChI=1S/C19H29NO5S/c1-6-16(24-13-7-12-20-18(22)25-19(2,3)4)26-15-10-8-14(9-11-15)17(21)23-5/h8-11,16H,6-7,12-13H2,1-5H3,(H,20,22). The molecule has 0 saturated carbocycles. The fourth-order valence-electron chi connectivity index (χ4n) is 1.97. The predicted molar refractivity (Wildman–Crippen MR) is 103 cm³/mol. The Morgan fingerprint density at radius 3 is 2.38 bits per heavy atom. The van der Waals surface area contributed by atoms with E-state index in [0.717, 1.165) is 11.3 Å². The van der Waals surface area contributed by atoms with E-state index in [4.69, 9.17) is 9.47 Å². The number of thioether (sulfide) groups is 1. The number of benzene rings is 1. The second kappa shape index (κ2) is 11.1. The van der Waals surface area contributed by atoms with Crippen molar-refractivity contribution in [3.8, 4) is 0 Å². The molecule has 0 saturated heterocycles. The van der Waals surface area contributed by atoms with Crippen LogP contribution in [0.4, 0.5) is 4.79 Å². The maximum absolute atomic E-state index is 11.5. The highest BCUT2D eigenvalue weighted by Crippen LogP contribution is 2.26. The molecule has 0 aliphatic rings. The molecule has 0 aliphatic heterocycles. The molecule has 0 fully saturated rings. The fourth-order valence-corrected chi connectivity index (χ4v) is 2.89. The van der Waals surface area contributed by atoms with Gasteiger partial charge in [0.25, 0.3) is 0 Å². The lowest BCUT2D eigenvalue weighted by Crippen LogP contribution is -2.33. The molecule has 7 heteroatoms. The molecular formula is C19H29NO5S. The molecule has 1 unspecified atom stereocenters. The number of hydrogen-bond acceptors (Lipinski definition) is 6. The van der Waals surface area contributed by atoms with Crippen molar-refractivity contribution in [2.24, 2.45) is 0 Å². The summed E-state index contributed by atoms with van der Waals surface area (Å²) in [6.07, 6.45) is 1.14. The van der Waals surface area contributed by atoms with Crippen molar-refractivity contribution in [3.05, 3.63) is 29.8 Å². The van der Waals surface area contributed by atoms with Gasteiger partial charge in [0.2, 0.25) is 0 Å². The molecule has 1 aromatic rings. The van der Waals surface area contributed by atoms with E-state index in [9.17, 15) is 9.59 Å². The Morgan fingerprint density at radius 1 is 1.19 bits per heavy atom. The highest BCUT2D eigenvalue weighted by Gasteiger charge is 2.15. The van der Waals surface area contributed by atoms with Crippen LogP contribution in [0.25, 0.3) is 0 Å². The van der Waals surface area contributed by atoms with Crippen LogP contribution < -0.4 is 5.32 Å². The van der Waals surface area contributed by atoms with Crippen molar-refractivity contribution < 1.29 is 23.8 Å². The number of ether oxygens (including phenoxy) is 3. The van der Waals surface area contributed by atoms with Gasteiger partial charge >= 0.3 is 12.1 Å². The van der Waals surface area contributed by atoms with Crippen LogP contribution in [0.3, 0.4) is 0 Å². The Kier molecular flexibility index (Phi) is 9.51. The van der Waals surface area contributed by atoms with Crippen molar-refractivity contribution in [2.45, 2.75) is 56.5 Å². The Labute approximate surface area is 160 Å². The van der Waals surface area contributed by atoms with Crippen LogP contribution in [-0.2, 0) is 14.2 Å². The number of carbonyl (C=O) groups excluding carboxylic acids is 2. The average Bonchev–Trinajstić information content (AvgIpc) is 2.58. The first kappa shape index (κ1) is 22.3. The maximum atomic E-state index is 11.5. The smallest absolute Gasteiger partial charge is 0.407 e. The summed E-state index contributed by atoms with van der Waals surface area (Å²) in [7, 11) is 1.36. The van der Waals surface area contributed by atoms with E-state index in [1.807, 2.05) is 32.9 Å². The predicted octanol–water partition coefficient (Wildman–Crippen LogP) is 4.23. The molecule has 1 amide bonds. The SMILES string of the molecule is CCC(OCCCNC(=O)OC(C)(C)C)Sc1ccc(C(=O)OC)cc1. The first-order valence-corrected chi connectivity index (χ1v) is 9.56. The maximum Gasteiger partial charge on any atom is 0.407 e. The average molecular weight is 384 g/mol. The third kappa shape index (κ3) is 9.10. The van der Waals surface area contributed by atoms with Gasteiger partial charge in [0, 0.05) is 18.0 Å². The van der Waals surface area contributed by atoms with E-state index in [1.165, 1.54) is 7.11 Å². The van der Waals surface area contributed by atoms with Crippen molar-refractivity contribution in [1.82, 2.24) is 5.32 Å². The normalized spacial score (nSPS) is 12.3. The zero-order valence-electron chi connectivity index (χ0n) is 16.2. The lowest BCUT2D eigenvalue weighted by molar-refractivity contribution is 0.0515. The van der Waals surface area contributed by atoms with E-state index in [1.54, 1.807) is 23.9 Å². The largest absolute Gasteiger partial charge is 0.465 e. The molecule has 0 aromatic heterocycles. The molecule has 26 heavy (non-hydrogen) atoms. The molecule has 0 radical (unpaired) electrons. The Hall–Kier alpha value is -1.73. The van der Waals surface area contributed by atoms with Gasteiger partial charge in [0.05, 0.1) is 12.7 Å². The van der Waals surface area contributed by atoms with E-state index < -0.39 is 11.7 Å². The second-order valence-corrected chi connectivity index (χ2v) is 7.86. The van der Waals surface area contributed by atoms with Crippen molar-refractivity contribution >= 4 is 23.8 Å². The summed E-state index contributed by atoms with van der Waals surface area (Å²) in [5.74, 6) is -0.345. The molecule has 1 rings (SSSR count). The van der Waals surface area contributed by atoms with Gasteiger partial charge in [-0.15, -0.1) is 0 Å². The van der Waals surface area contributed by atoms with Gasteiger partial charge in [0.15, 0.2) is 0 Å². The van der Waals surface area contributed by atoms with Crippen molar-refractivity contribution in [2.75, 3.05) is 20.3 Å². The summed E-state index contributed by atoms with van der Waals surface area (Å²) in [4.78, 5) is 24.0. The van der Waals surface area contributed by atoms with E-state index in [0.29, 0.717) is 25.1 Å². The number of nitrogens with one attached hydrogen (secondary N) is 1. The van der Waals surface area contributed by atoms with Gasteiger partial charge < -0.3 is 19.5 Å². The number of hydrogen-bond donors (Lipinski definition) is 1. The van der Waals surface area contributed by atoms with E-state index in [2.05, 4.69) is 17.0 Å². The lowest BCUT2D eigenvalue weighted by Gasteiger charge is -2.20. The fraction of sp³-hybridized carbons (Fsp3) is 0.579. The second-order valence-electron chi connectivity index (χ2n) is 6.62. The first-order valence-electron chi connectivity index (χ1n) is 8.68. The minimum atomic E-state index is -0.492. The van der Waals surface area contributed by atoms with Crippen molar-refractivity contribution in [1.29, 1.82) is 0 Å². The molecule has 0 bridgehead atoms. The summed E-state index contributed by atoms with van der Waals surface area (Å²) in [6, 6.07) is 7.25. The van der Waals surface area contributed by atoms with Crippen LogP contribution in [0.1, 0.15) is 50.9 Å². The number of alkyl carbamates (subject to hydrolysis) is 1. The molecule has 146 valence electrons. The van der Waals surface area contributed by atoms with Gasteiger partial charge in [-0.1, -0.05) is 18.7 Å². The number of rotatable bonds is 9. The zero-order valence-corrected chi connectivity index (χ0v) is 17.0. The zero-order chi connectivity index (χ0) is 19.6. The monoisotopic (exact) mass is 383 g/mol. The van der Waals surface area contributed by atoms with Gasteiger partial charge in [0.1, 0.15) is 11.0 Å². The van der Waals surface area contributed by atoms with Gasteiger partial charge in [-0.25, -0.2) is 9.59 Å².